The number of anilines is 1. The minimum Gasteiger partial charge on any atom is -0.362 e. The summed E-state index contributed by atoms with van der Waals surface area (Å²) < 4.78 is 13.6. The van der Waals surface area contributed by atoms with Gasteiger partial charge in [0.25, 0.3) is 0 Å². The first-order valence-corrected chi connectivity index (χ1v) is 10.9. The molecule has 2 amide bonds. The summed E-state index contributed by atoms with van der Waals surface area (Å²) in [6.45, 7) is 11.9. The molecule has 5 nitrogen and oxygen atoms in total. The highest BCUT2D eigenvalue weighted by Crippen LogP contribution is 2.24. The lowest BCUT2D eigenvalue weighted by Crippen LogP contribution is -2.20. The van der Waals surface area contributed by atoms with Crippen LogP contribution >= 0.6 is 23.2 Å². The standard InChI is InChI=1S/C17H17Cl2FN2O.C5H12.C2H5NO/c1-11(12-3-2-4-14(18)5-12)8-21-9-13-6-16(20)15(19)7-17(13)22-10-23;1-5(2,3)4;1-3-2-4/h2-7,10-11,21H,8-9H2,1H3,(H,22,23);1-4H3;2H,1H3,(H,3,4). The zero-order valence-electron chi connectivity index (χ0n) is 19.6. The zero-order valence-corrected chi connectivity index (χ0v) is 21.1. The van der Waals surface area contributed by atoms with Crippen molar-refractivity contribution in [3.8, 4) is 0 Å². The molecule has 0 aliphatic heterocycles. The van der Waals surface area contributed by atoms with Crippen molar-refractivity contribution in [2.24, 2.45) is 5.41 Å². The fraction of sp³-hybridized carbons (Fsp3) is 0.417. The number of benzene rings is 2. The van der Waals surface area contributed by atoms with Gasteiger partial charge in [-0.3, -0.25) is 9.59 Å². The van der Waals surface area contributed by atoms with Gasteiger partial charge in [-0.05, 0) is 46.7 Å². The van der Waals surface area contributed by atoms with E-state index in [9.17, 15) is 9.18 Å². The molecule has 0 aromatic heterocycles. The SMILES string of the molecule is CC(C)(C)C.CC(CNCc1cc(F)c(Cl)cc1NC=O)c1cccc(Cl)c1.CNC=O. The van der Waals surface area contributed by atoms with E-state index in [1.807, 2.05) is 24.3 Å². The molecule has 1 unspecified atom stereocenters. The summed E-state index contributed by atoms with van der Waals surface area (Å²) >= 11 is 11.7. The largest absolute Gasteiger partial charge is 0.362 e. The number of carbonyl (C=O) groups excluding carboxylic acids is 2. The first-order valence-electron chi connectivity index (χ1n) is 10.2. The quantitative estimate of drug-likeness (QED) is 0.401. The Balaban J connectivity index is 0.000000906. The molecule has 2 aromatic carbocycles. The molecule has 178 valence electrons. The van der Waals surface area contributed by atoms with Crippen molar-refractivity contribution in [3.05, 3.63) is 63.4 Å². The van der Waals surface area contributed by atoms with Crippen molar-refractivity contribution in [2.45, 2.75) is 47.1 Å². The highest BCUT2D eigenvalue weighted by molar-refractivity contribution is 6.31. The Morgan fingerprint density at radius 3 is 2.16 bits per heavy atom. The summed E-state index contributed by atoms with van der Waals surface area (Å²) in [6, 6.07) is 10.4. The molecule has 0 radical (unpaired) electrons. The van der Waals surface area contributed by atoms with Crippen LogP contribution in [0.15, 0.2) is 36.4 Å². The molecule has 0 aliphatic carbocycles. The Morgan fingerprint density at radius 1 is 1.06 bits per heavy atom. The third-order valence-corrected chi connectivity index (χ3v) is 4.19. The molecule has 2 aromatic rings. The van der Waals surface area contributed by atoms with Crippen LogP contribution in [0, 0.1) is 11.2 Å². The van der Waals surface area contributed by atoms with E-state index in [0.29, 0.717) is 47.6 Å². The van der Waals surface area contributed by atoms with E-state index in [4.69, 9.17) is 28.0 Å². The molecule has 2 rings (SSSR count). The molecule has 8 heteroatoms. The van der Waals surface area contributed by atoms with E-state index in [1.54, 1.807) is 7.05 Å². The second kappa shape index (κ2) is 15.6. The smallest absolute Gasteiger partial charge is 0.211 e. The van der Waals surface area contributed by atoms with Crippen LogP contribution in [0.3, 0.4) is 0 Å². The zero-order chi connectivity index (χ0) is 24.7. The number of rotatable bonds is 8. The lowest BCUT2D eigenvalue weighted by atomic mass is 10.0. The van der Waals surface area contributed by atoms with Crippen LogP contribution in [0.4, 0.5) is 10.1 Å². The van der Waals surface area contributed by atoms with Gasteiger partial charge < -0.3 is 16.0 Å². The Kier molecular flexibility index (Phi) is 14.6. The maximum atomic E-state index is 13.6. The molecule has 0 saturated carbocycles. The minimum atomic E-state index is -0.511. The molecular weight excluding hydrogens is 452 g/mol. The second-order valence-electron chi connectivity index (χ2n) is 8.68. The van der Waals surface area contributed by atoms with Gasteiger partial charge in [-0.1, -0.05) is 70.0 Å². The second-order valence-corrected chi connectivity index (χ2v) is 9.52. The first kappa shape index (κ1) is 29.9. The van der Waals surface area contributed by atoms with Gasteiger partial charge in [0.05, 0.1) is 5.02 Å². The van der Waals surface area contributed by atoms with Crippen LogP contribution < -0.4 is 16.0 Å². The van der Waals surface area contributed by atoms with E-state index in [-0.39, 0.29) is 10.9 Å². The number of nitrogens with one attached hydrogen (secondary N) is 3. The molecular formula is C24H34Cl2FN3O2. The summed E-state index contributed by atoms with van der Waals surface area (Å²) in [5, 5.41) is 8.72. The molecule has 0 bridgehead atoms. The van der Waals surface area contributed by atoms with E-state index in [2.05, 4.69) is 50.6 Å². The van der Waals surface area contributed by atoms with Gasteiger partial charge in [-0.25, -0.2) is 4.39 Å². The summed E-state index contributed by atoms with van der Waals surface area (Å²) in [5.74, 6) is -0.267. The maximum absolute atomic E-state index is 13.6. The fourth-order valence-electron chi connectivity index (χ4n) is 2.29. The number of hydrogen-bond donors (Lipinski definition) is 3. The first-order chi connectivity index (χ1) is 14.9. The fourth-order valence-corrected chi connectivity index (χ4v) is 2.65. The van der Waals surface area contributed by atoms with Crippen LogP contribution in [0.2, 0.25) is 10.0 Å². The summed E-state index contributed by atoms with van der Waals surface area (Å²) in [5.41, 5.74) is 2.75. The van der Waals surface area contributed by atoms with E-state index < -0.39 is 5.82 Å². The van der Waals surface area contributed by atoms with E-state index >= 15 is 0 Å². The highest BCUT2D eigenvalue weighted by Gasteiger charge is 2.10. The highest BCUT2D eigenvalue weighted by atomic mass is 35.5. The van der Waals surface area contributed by atoms with Gasteiger partial charge in [-0.15, -0.1) is 0 Å². The molecule has 1 atom stereocenters. The van der Waals surface area contributed by atoms with Gasteiger partial charge in [0, 0.05) is 30.8 Å². The number of carbonyl (C=O) groups is 2. The van der Waals surface area contributed by atoms with Crippen LogP contribution in [-0.4, -0.2) is 26.4 Å². The normalized spacial score (nSPS) is 11.2. The minimum absolute atomic E-state index is 0.0228. The van der Waals surface area contributed by atoms with Crippen molar-refractivity contribution in [3.63, 3.8) is 0 Å². The van der Waals surface area contributed by atoms with Crippen molar-refractivity contribution in [1.82, 2.24) is 10.6 Å². The average molecular weight is 486 g/mol. The van der Waals surface area contributed by atoms with Gasteiger partial charge in [0.2, 0.25) is 12.8 Å². The van der Waals surface area contributed by atoms with Crippen molar-refractivity contribution < 1.29 is 14.0 Å². The van der Waals surface area contributed by atoms with Crippen LogP contribution in [0.25, 0.3) is 0 Å². The summed E-state index contributed by atoms with van der Waals surface area (Å²) in [4.78, 5) is 19.7. The molecule has 0 heterocycles. The molecule has 0 saturated heterocycles. The summed E-state index contributed by atoms with van der Waals surface area (Å²) in [6.07, 6.45) is 1.17. The van der Waals surface area contributed by atoms with Crippen LogP contribution in [0.5, 0.6) is 0 Å². The van der Waals surface area contributed by atoms with Crippen molar-refractivity contribution in [1.29, 1.82) is 0 Å². The van der Waals surface area contributed by atoms with Gasteiger partial charge in [0.1, 0.15) is 5.82 Å². The molecule has 3 N–H and O–H groups in total. The molecule has 32 heavy (non-hydrogen) atoms. The monoisotopic (exact) mass is 485 g/mol. The van der Waals surface area contributed by atoms with Gasteiger partial charge in [0.15, 0.2) is 0 Å². The predicted molar refractivity (Wildman–Crippen MR) is 133 cm³/mol. The summed E-state index contributed by atoms with van der Waals surface area (Å²) in [7, 11) is 1.56. The number of hydrogen-bond acceptors (Lipinski definition) is 3. The number of halogens is 3. The predicted octanol–water partition coefficient (Wildman–Crippen LogP) is 6.01. The Bertz CT molecular complexity index is 836. The maximum Gasteiger partial charge on any atom is 0.211 e. The Morgan fingerprint density at radius 2 is 1.66 bits per heavy atom. The third kappa shape index (κ3) is 14.0. The average Bonchev–Trinajstić information content (AvgIpc) is 2.70. The Labute approximate surface area is 201 Å². The molecule has 0 spiro atoms. The Hall–Kier alpha value is -2.15. The van der Waals surface area contributed by atoms with Gasteiger partial charge >= 0.3 is 0 Å². The van der Waals surface area contributed by atoms with Crippen molar-refractivity contribution in [2.75, 3.05) is 18.9 Å². The van der Waals surface area contributed by atoms with Gasteiger partial charge in [-0.2, -0.15) is 0 Å². The third-order valence-electron chi connectivity index (χ3n) is 3.66. The number of amides is 2. The van der Waals surface area contributed by atoms with Crippen LogP contribution in [-0.2, 0) is 16.1 Å². The van der Waals surface area contributed by atoms with Crippen molar-refractivity contribution >= 4 is 41.7 Å². The molecule has 0 aliphatic rings. The van der Waals surface area contributed by atoms with E-state index in [1.165, 1.54) is 12.1 Å². The molecule has 0 fully saturated rings. The van der Waals surface area contributed by atoms with Crippen LogP contribution in [0.1, 0.15) is 51.7 Å². The lowest BCUT2D eigenvalue weighted by Gasteiger charge is -2.15. The van der Waals surface area contributed by atoms with E-state index in [0.717, 1.165) is 5.56 Å². The lowest BCUT2D eigenvalue weighted by molar-refractivity contribution is -0.109. The topological polar surface area (TPSA) is 70.2 Å².